The number of hydrogen-bond donors (Lipinski definition) is 1. The van der Waals surface area contributed by atoms with E-state index in [1.54, 1.807) is 0 Å². The maximum atomic E-state index is 11.4. The summed E-state index contributed by atoms with van der Waals surface area (Å²) < 4.78 is 4.67. The third-order valence-electron chi connectivity index (χ3n) is 3.62. The van der Waals surface area contributed by atoms with Crippen molar-refractivity contribution in [2.45, 2.75) is 56.4 Å². The third kappa shape index (κ3) is 2.64. The van der Waals surface area contributed by atoms with Crippen molar-refractivity contribution in [1.29, 1.82) is 5.26 Å². The van der Waals surface area contributed by atoms with Gasteiger partial charge < -0.3 is 9.84 Å². The minimum absolute atomic E-state index is 0.0907. The molecule has 2 fully saturated rings. The summed E-state index contributed by atoms with van der Waals surface area (Å²) in [5.74, 6) is -0.347. The Morgan fingerprint density at radius 1 is 1.67 bits per heavy atom. The van der Waals surface area contributed by atoms with E-state index in [9.17, 15) is 9.90 Å². The Morgan fingerprint density at radius 2 is 2.44 bits per heavy atom. The molecule has 4 atom stereocenters. The van der Waals surface area contributed by atoms with E-state index in [0.717, 1.165) is 12.8 Å². The van der Waals surface area contributed by atoms with Gasteiger partial charge in [-0.1, -0.05) is 0 Å². The number of fused-ring (bicyclic) bond motifs is 1. The average Bonchev–Trinajstić information content (AvgIpc) is 2.90. The van der Waals surface area contributed by atoms with Gasteiger partial charge in [0.05, 0.1) is 25.7 Å². The number of nitrogens with zero attached hydrogens (tertiary/aromatic N) is 2. The Kier molecular flexibility index (Phi) is 4.17. The molecule has 0 saturated carbocycles. The Morgan fingerprint density at radius 3 is 3.11 bits per heavy atom. The van der Waals surface area contributed by atoms with Gasteiger partial charge in [0.25, 0.3) is 0 Å². The molecule has 0 aliphatic carbocycles. The molecule has 1 N–H and O–H groups in total. The van der Waals surface area contributed by atoms with Crippen LogP contribution < -0.4 is 0 Å². The van der Waals surface area contributed by atoms with Crippen molar-refractivity contribution in [1.82, 2.24) is 5.06 Å². The standard InChI is InChI=1S/C12H18N2O4/c1-17-12(16)11-7-9-3-2-8(14(9)18-11)6-10(15)4-5-13/h8-11,15H,2-4,6-7H2,1H3/t8-,9-,10-,11-/m0/s1. The number of esters is 1. The lowest BCUT2D eigenvalue weighted by Gasteiger charge is -2.24. The van der Waals surface area contributed by atoms with Crippen molar-refractivity contribution in [3.8, 4) is 6.07 Å². The van der Waals surface area contributed by atoms with Gasteiger partial charge >= 0.3 is 5.97 Å². The summed E-state index contributed by atoms with van der Waals surface area (Å²) in [6.07, 6.45) is 2.04. The van der Waals surface area contributed by atoms with Crippen LogP contribution >= 0.6 is 0 Å². The average molecular weight is 254 g/mol. The molecule has 100 valence electrons. The highest BCUT2D eigenvalue weighted by molar-refractivity contribution is 5.74. The first kappa shape index (κ1) is 13.3. The van der Waals surface area contributed by atoms with Crippen LogP contribution in [-0.4, -0.2) is 47.5 Å². The van der Waals surface area contributed by atoms with Crippen LogP contribution in [0.1, 0.15) is 32.1 Å². The monoisotopic (exact) mass is 254 g/mol. The lowest BCUT2D eigenvalue weighted by atomic mass is 10.0. The maximum absolute atomic E-state index is 11.4. The second-order valence-electron chi connectivity index (χ2n) is 4.85. The van der Waals surface area contributed by atoms with E-state index in [1.165, 1.54) is 7.11 Å². The second-order valence-corrected chi connectivity index (χ2v) is 4.85. The van der Waals surface area contributed by atoms with Crippen molar-refractivity contribution < 1.29 is 19.5 Å². The molecule has 18 heavy (non-hydrogen) atoms. The fraction of sp³-hybridized carbons (Fsp3) is 0.833. The van der Waals surface area contributed by atoms with Gasteiger partial charge in [0.1, 0.15) is 0 Å². The van der Waals surface area contributed by atoms with Crippen molar-refractivity contribution in [2.24, 2.45) is 0 Å². The molecule has 0 radical (unpaired) electrons. The van der Waals surface area contributed by atoms with Gasteiger partial charge in [-0.15, -0.1) is 0 Å². The van der Waals surface area contributed by atoms with Crippen LogP contribution in [0.4, 0.5) is 0 Å². The van der Waals surface area contributed by atoms with Gasteiger partial charge in [-0.25, -0.2) is 4.79 Å². The lowest BCUT2D eigenvalue weighted by molar-refractivity contribution is -0.195. The van der Waals surface area contributed by atoms with Crippen LogP contribution in [0, 0.1) is 11.3 Å². The van der Waals surface area contributed by atoms with Crippen LogP contribution in [0.25, 0.3) is 0 Å². The van der Waals surface area contributed by atoms with E-state index in [2.05, 4.69) is 4.74 Å². The Labute approximate surface area is 106 Å². The molecule has 6 nitrogen and oxygen atoms in total. The quantitative estimate of drug-likeness (QED) is 0.729. The summed E-state index contributed by atoms with van der Waals surface area (Å²) in [6.45, 7) is 0. The van der Waals surface area contributed by atoms with Crippen LogP contribution in [0.5, 0.6) is 0 Å². The van der Waals surface area contributed by atoms with Gasteiger partial charge in [0.15, 0.2) is 6.10 Å². The first-order chi connectivity index (χ1) is 8.65. The Bertz CT molecular complexity index is 354. The summed E-state index contributed by atoms with van der Waals surface area (Å²) in [6, 6.07) is 2.27. The topological polar surface area (TPSA) is 82.8 Å². The number of ether oxygens (including phenoxy) is 1. The number of carbonyl (C=O) groups is 1. The Hall–Kier alpha value is -1.16. The molecule has 2 heterocycles. The van der Waals surface area contributed by atoms with E-state index < -0.39 is 12.2 Å². The normalized spacial score (nSPS) is 32.8. The van der Waals surface area contributed by atoms with Crippen LogP contribution in [0.3, 0.4) is 0 Å². The molecule has 0 unspecified atom stereocenters. The number of hydrogen-bond acceptors (Lipinski definition) is 6. The summed E-state index contributed by atoms with van der Waals surface area (Å²) >= 11 is 0. The van der Waals surface area contributed by atoms with Crippen molar-refractivity contribution >= 4 is 5.97 Å². The molecule has 0 aromatic heterocycles. The zero-order chi connectivity index (χ0) is 13.1. The summed E-state index contributed by atoms with van der Waals surface area (Å²) in [7, 11) is 1.35. The maximum Gasteiger partial charge on any atom is 0.337 e. The molecule has 0 spiro atoms. The van der Waals surface area contributed by atoms with E-state index in [0.29, 0.717) is 12.8 Å². The fourth-order valence-electron chi connectivity index (χ4n) is 2.76. The first-order valence-electron chi connectivity index (χ1n) is 6.23. The van der Waals surface area contributed by atoms with Crippen LogP contribution in [-0.2, 0) is 14.4 Å². The largest absolute Gasteiger partial charge is 0.467 e. The number of hydroxylamine groups is 2. The van der Waals surface area contributed by atoms with E-state index in [-0.39, 0.29) is 24.5 Å². The molecular weight excluding hydrogens is 236 g/mol. The number of rotatable bonds is 4. The predicted octanol–water partition coefficient (Wildman–Crippen LogP) is 0.361. The molecule has 2 saturated heterocycles. The summed E-state index contributed by atoms with van der Waals surface area (Å²) in [4.78, 5) is 17.0. The molecule has 6 heteroatoms. The highest BCUT2D eigenvalue weighted by Crippen LogP contribution is 2.36. The van der Waals surface area contributed by atoms with Gasteiger partial charge in [0, 0.05) is 18.5 Å². The number of nitriles is 1. The zero-order valence-corrected chi connectivity index (χ0v) is 10.4. The predicted molar refractivity (Wildman–Crippen MR) is 61.0 cm³/mol. The molecule has 0 aromatic rings. The van der Waals surface area contributed by atoms with Gasteiger partial charge in [0.2, 0.25) is 0 Å². The Balaban J connectivity index is 1.90. The molecule has 0 amide bonds. The van der Waals surface area contributed by atoms with E-state index in [4.69, 9.17) is 10.1 Å². The summed E-state index contributed by atoms with van der Waals surface area (Å²) in [5.41, 5.74) is 0. The van der Waals surface area contributed by atoms with E-state index in [1.807, 2.05) is 11.1 Å². The fourth-order valence-corrected chi connectivity index (χ4v) is 2.76. The van der Waals surface area contributed by atoms with Gasteiger partial charge in [-0.3, -0.25) is 4.84 Å². The highest BCUT2D eigenvalue weighted by Gasteiger charge is 2.45. The zero-order valence-electron chi connectivity index (χ0n) is 10.4. The van der Waals surface area contributed by atoms with Crippen molar-refractivity contribution in [2.75, 3.05) is 7.11 Å². The number of carbonyl (C=O) groups excluding carboxylic acids is 1. The minimum Gasteiger partial charge on any atom is -0.467 e. The minimum atomic E-state index is -0.625. The lowest BCUT2D eigenvalue weighted by Crippen LogP contribution is -2.34. The van der Waals surface area contributed by atoms with Crippen LogP contribution in [0.15, 0.2) is 0 Å². The summed E-state index contributed by atoms with van der Waals surface area (Å²) in [5, 5.41) is 20.0. The van der Waals surface area contributed by atoms with Gasteiger partial charge in [-0.05, 0) is 19.3 Å². The van der Waals surface area contributed by atoms with Crippen molar-refractivity contribution in [3.63, 3.8) is 0 Å². The molecule has 2 aliphatic heterocycles. The highest BCUT2D eigenvalue weighted by atomic mass is 16.7. The molecule has 0 aromatic carbocycles. The van der Waals surface area contributed by atoms with Gasteiger partial charge in [-0.2, -0.15) is 10.3 Å². The number of aliphatic hydroxyl groups is 1. The number of methoxy groups -OCH3 is 1. The number of aliphatic hydroxyl groups excluding tert-OH is 1. The first-order valence-corrected chi connectivity index (χ1v) is 6.23. The van der Waals surface area contributed by atoms with Crippen molar-refractivity contribution in [3.05, 3.63) is 0 Å². The second kappa shape index (κ2) is 5.65. The molecule has 2 rings (SSSR count). The molecule has 2 aliphatic rings. The SMILES string of the molecule is COC(=O)[C@@H]1C[C@@H]2CC[C@@H](C[C@@H](O)CC#N)N2O1. The molecular formula is C12H18N2O4. The van der Waals surface area contributed by atoms with Crippen LogP contribution in [0.2, 0.25) is 0 Å². The molecule has 0 bridgehead atoms. The van der Waals surface area contributed by atoms with E-state index >= 15 is 0 Å². The third-order valence-corrected chi connectivity index (χ3v) is 3.62. The smallest absolute Gasteiger partial charge is 0.337 e.